The third kappa shape index (κ3) is 21.4. The molecule has 0 spiro atoms. The summed E-state index contributed by atoms with van der Waals surface area (Å²) in [5, 5.41) is 5.12. The summed E-state index contributed by atoms with van der Waals surface area (Å²) in [6, 6.07) is 0. The highest BCUT2D eigenvalue weighted by Crippen LogP contribution is 2.13. The molecule has 8 nitrogen and oxygen atoms in total. The first-order valence-electron chi connectivity index (χ1n) is 12.7. The molecule has 0 unspecified atom stereocenters. The van der Waals surface area contributed by atoms with Crippen molar-refractivity contribution < 1.29 is 19.1 Å². The van der Waals surface area contributed by atoms with Gasteiger partial charge in [0.05, 0.1) is 20.1 Å². The van der Waals surface area contributed by atoms with Crippen molar-refractivity contribution in [1.29, 1.82) is 0 Å². The van der Waals surface area contributed by atoms with Crippen LogP contribution in [-0.2, 0) is 19.1 Å². The molecule has 206 valence electrons. The van der Waals surface area contributed by atoms with Crippen molar-refractivity contribution in [1.82, 2.24) is 15.5 Å². The van der Waals surface area contributed by atoms with Crippen LogP contribution in [0.5, 0.6) is 0 Å². The van der Waals surface area contributed by atoms with Gasteiger partial charge in [0.1, 0.15) is 5.84 Å². The topological polar surface area (TPSA) is 100 Å². The molecule has 36 heavy (non-hydrogen) atoms. The Labute approximate surface area is 219 Å². The molecule has 1 heterocycles. The standard InChI is InChI=1S/C19H30N4O4.C5H8.2C2H6/c1-14(2)23(16-12-15(3)7-9-20-16)11-5-6-17(24)22-13-18(25)21-10-8-19(26)27-4;1-3-5-4-2;2*1-2/h12H,1,5-11,13H2,2-4H3,(H,21,25)(H,22,24);3-5H,1H2,2H3;2*1-2H3/b;5-4-;;. The molecular weight excluding hydrogens is 456 g/mol. The van der Waals surface area contributed by atoms with E-state index in [9.17, 15) is 14.4 Å². The molecule has 1 aliphatic rings. The number of amidine groups is 1. The Balaban J connectivity index is -0.00000105. The number of allylic oxidation sites excluding steroid dienone is 4. The van der Waals surface area contributed by atoms with Gasteiger partial charge in [0.2, 0.25) is 11.8 Å². The SMILES string of the molecule is C=C(C)N(CCCC(=O)NCC(=O)NCCC(=O)OC)C1=NCCC(C)=C1.C=C/C=C\C.CC.CC. The van der Waals surface area contributed by atoms with E-state index in [0.717, 1.165) is 24.5 Å². The van der Waals surface area contributed by atoms with E-state index < -0.39 is 5.97 Å². The van der Waals surface area contributed by atoms with Crippen LogP contribution in [0.15, 0.2) is 53.7 Å². The summed E-state index contributed by atoms with van der Waals surface area (Å²) in [4.78, 5) is 41.0. The van der Waals surface area contributed by atoms with Crippen LogP contribution in [0.4, 0.5) is 0 Å². The average molecular weight is 507 g/mol. The summed E-state index contributed by atoms with van der Waals surface area (Å²) in [7, 11) is 1.29. The quantitative estimate of drug-likeness (QED) is 0.305. The number of rotatable bonds is 11. The lowest BCUT2D eigenvalue weighted by molar-refractivity contribution is -0.140. The zero-order valence-corrected chi connectivity index (χ0v) is 23.9. The Kier molecular flexibility index (Phi) is 27.5. The van der Waals surface area contributed by atoms with Crippen LogP contribution in [0, 0.1) is 0 Å². The Morgan fingerprint density at radius 1 is 1.14 bits per heavy atom. The molecule has 0 radical (unpaired) electrons. The number of carbonyl (C=O) groups is 3. The van der Waals surface area contributed by atoms with Crippen LogP contribution in [0.1, 0.15) is 74.1 Å². The summed E-state index contributed by atoms with van der Waals surface area (Å²) in [5.41, 5.74) is 2.16. The fourth-order valence-electron chi connectivity index (χ4n) is 2.62. The number of esters is 1. The molecule has 1 aliphatic heterocycles. The molecular formula is C28H50N4O4. The fraction of sp³-hybridized carbons (Fsp3) is 0.571. The van der Waals surface area contributed by atoms with Gasteiger partial charge in [-0.1, -0.05) is 64.7 Å². The molecule has 8 heteroatoms. The second kappa shape index (κ2) is 26.4. The summed E-state index contributed by atoms with van der Waals surface area (Å²) < 4.78 is 4.48. The average Bonchev–Trinajstić information content (AvgIpc) is 2.88. The molecule has 0 aromatic carbocycles. The smallest absolute Gasteiger partial charge is 0.307 e. The van der Waals surface area contributed by atoms with Gasteiger partial charge >= 0.3 is 5.97 Å². The Morgan fingerprint density at radius 3 is 2.25 bits per heavy atom. The third-order valence-electron chi connectivity index (χ3n) is 4.33. The maximum absolute atomic E-state index is 11.9. The number of aliphatic imine (C=N–C) groups is 1. The lowest BCUT2D eigenvalue weighted by atomic mass is 10.1. The first-order valence-corrected chi connectivity index (χ1v) is 12.7. The molecule has 0 fully saturated rings. The summed E-state index contributed by atoms with van der Waals surface area (Å²) >= 11 is 0. The summed E-state index contributed by atoms with van der Waals surface area (Å²) in [6.45, 7) is 22.9. The highest BCUT2D eigenvalue weighted by Gasteiger charge is 2.14. The molecule has 0 aromatic heterocycles. The van der Waals surface area contributed by atoms with E-state index in [1.165, 1.54) is 12.7 Å². The van der Waals surface area contributed by atoms with Crippen LogP contribution >= 0.6 is 0 Å². The van der Waals surface area contributed by atoms with E-state index in [1.54, 1.807) is 6.08 Å². The Bertz CT molecular complexity index is 740. The number of dihydropyridines is 1. The molecule has 0 bridgehead atoms. The van der Waals surface area contributed by atoms with Crippen molar-refractivity contribution in [2.75, 3.05) is 33.3 Å². The van der Waals surface area contributed by atoms with Crippen molar-refractivity contribution in [3.8, 4) is 0 Å². The first kappa shape index (κ1) is 37.4. The van der Waals surface area contributed by atoms with E-state index >= 15 is 0 Å². The van der Waals surface area contributed by atoms with Gasteiger partial charge in [0, 0.05) is 31.8 Å². The maximum atomic E-state index is 11.9. The van der Waals surface area contributed by atoms with Gasteiger partial charge in [-0.15, -0.1) is 0 Å². The normalized spacial score (nSPS) is 11.4. The zero-order valence-electron chi connectivity index (χ0n) is 23.9. The Morgan fingerprint density at radius 2 is 1.78 bits per heavy atom. The number of hydrogen-bond donors (Lipinski definition) is 2. The van der Waals surface area contributed by atoms with Gasteiger partial charge in [0.15, 0.2) is 0 Å². The predicted octanol–water partition coefficient (Wildman–Crippen LogP) is 4.95. The summed E-state index contributed by atoms with van der Waals surface area (Å²) in [5.74, 6) is -0.0456. The molecule has 2 N–H and O–H groups in total. The number of ether oxygens (including phenoxy) is 1. The molecule has 0 aromatic rings. The van der Waals surface area contributed by atoms with E-state index in [-0.39, 0.29) is 31.3 Å². The van der Waals surface area contributed by atoms with Crippen LogP contribution in [0.2, 0.25) is 0 Å². The molecule has 2 amide bonds. The second-order valence-electron chi connectivity index (χ2n) is 7.19. The molecule has 0 saturated heterocycles. The van der Waals surface area contributed by atoms with Crippen molar-refractivity contribution in [2.45, 2.75) is 74.1 Å². The summed E-state index contributed by atoms with van der Waals surface area (Å²) in [6.07, 6.45) is 9.62. The van der Waals surface area contributed by atoms with Gasteiger partial charge in [-0.05, 0) is 39.7 Å². The third-order valence-corrected chi connectivity index (χ3v) is 4.33. The van der Waals surface area contributed by atoms with E-state index in [0.29, 0.717) is 19.4 Å². The fourth-order valence-corrected chi connectivity index (χ4v) is 2.62. The molecule has 0 saturated carbocycles. The maximum Gasteiger partial charge on any atom is 0.307 e. The minimum atomic E-state index is -0.394. The molecule has 0 atom stereocenters. The van der Waals surface area contributed by atoms with Crippen LogP contribution in [0.25, 0.3) is 0 Å². The number of carbonyl (C=O) groups excluding carboxylic acids is 3. The van der Waals surface area contributed by atoms with Crippen LogP contribution in [0.3, 0.4) is 0 Å². The Hall–Kier alpha value is -3.16. The lowest BCUT2D eigenvalue weighted by Crippen LogP contribution is -2.38. The minimum Gasteiger partial charge on any atom is -0.469 e. The van der Waals surface area contributed by atoms with Gasteiger partial charge < -0.3 is 20.3 Å². The highest BCUT2D eigenvalue weighted by atomic mass is 16.5. The van der Waals surface area contributed by atoms with Crippen LogP contribution < -0.4 is 10.6 Å². The van der Waals surface area contributed by atoms with Gasteiger partial charge in [-0.3, -0.25) is 19.4 Å². The first-order chi connectivity index (χ1) is 17.2. The number of amides is 2. The number of methoxy groups -OCH3 is 1. The van der Waals surface area contributed by atoms with E-state index in [1.807, 2.05) is 58.6 Å². The largest absolute Gasteiger partial charge is 0.469 e. The number of nitrogens with one attached hydrogen (secondary N) is 2. The van der Waals surface area contributed by atoms with Crippen molar-refractivity contribution >= 4 is 23.6 Å². The minimum absolute atomic E-state index is 0.102. The van der Waals surface area contributed by atoms with E-state index in [2.05, 4.69) is 46.5 Å². The van der Waals surface area contributed by atoms with E-state index in [4.69, 9.17) is 0 Å². The highest BCUT2D eigenvalue weighted by molar-refractivity contribution is 5.95. The molecule has 0 aliphatic carbocycles. The van der Waals surface area contributed by atoms with Gasteiger partial charge in [-0.2, -0.15) is 0 Å². The van der Waals surface area contributed by atoms with Gasteiger partial charge in [-0.25, -0.2) is 0 Å². The second-order valence-corrected chi connectivity index (χ2v) is 7.19. The lowest BCUT2D eigenvalue weighted by Gasteiger charge is -2.26. The van der Waals surface area contributed by atoms with Crippen molar-refractivity contribution in [2.24, 2.45) is 4.99 Å². The monoisotopic (exact) mass is 506 g/mol. The predicted molar refractivity (Wildman–Crippen MR) is 152 cm³/mol. The molecule has 1 rings (SSSR count). The van der Waals surface area contributed by atoms with Crippen molar-refractivity contribution in [3.63, 3.8) is 0 Å². The number of nitrogens with zero attached hydrogens (tertiary/aromatic N) is 2. The van der Waals surface area contributed by atoms with Crippen molar-refractivity contribution in [3.05, 3.63) is 48.7 Å². The zero-order chi connectivity index (χ0) is 28.4. The van der Waals surface area contributed by atoms with Gasteiger partial charge in [0.25, 0.3) is 0 Å². The van der Waals surface area contributed by atoms with Crippen LogP contribution in [-0.4, -0.2) is 61.8 Å². The number of hydrogen-bond acceptors (Lipinski definition) is 6.